The van der Waals surface area contributed by atoms with Gasteiger partial charge in [0.05, 0.1) is 17.7 Å². The number of aryl methyl sites for hydroxylation is 1. The molecule has 2 aromatic rings. The van der Waals surface area contributed by atoms with Gasteiger partial charge in [0.25, 0.3) is 5.91 Å². The molecule has 1 aliphatic carbocycles. The number of nitrogens with one attached hydrogen (secondary N) is 1. The normalized spacial score (nSPS) is 13.5. The highest BCUT2D eigenvalue weighted by Gasteiger charge is 2.26. The number of esters is 2. The maximum absolute atomic E-state index is 12.6. The number of ether oxygens (including phenoxy) is 2. The van der Waals surface area contributed by atoms with Crippen LogP contribution in [0.4, 0.5) is 10.7 Å². The number of hydrogen-bond acceptors (Lipinski definition) is 7. The van der Waals surface area contributed by atoms with Crippen molar-refractivity contribution in [2.24, 2.45) is 0 Å². The number of nitrogens with two attached hydrogens (primary N) is 1. The van der Waals surface area contributed by atoms with Gasteiger partial charge in [0.1, 0.15) is 5.00 Å². The minimum absolute atomic E-state index is 0.260. The van der Waals surface area contributed by atoms with Crippen molar-refractivity contribution in [3.05, 3.63) is 45.8 Å². The lowest BCUT2D eigenvalue weighted by atomic mass is 9.96. The Morgan fingerprint density at radius 2 is 1.70 bits per heavy atom. The lowest BCUT2D eigenvalue weighted by molar-refractivity contribution is -0.119. The lowest BCUT2D eigenvalue weighted by Gasteiger charge is -2.11. The van der Waals surface area contributed by atoms with E-state index in [0.29, 0.717) is 21.8 Å². The standard InChI is InChI=1S/C22H26N2O5S/c1-2-28-22(27)19-16-7-5-3-4-6-8-17(16)30-20(19)24-18(25)13-29-21(26)14-9-11-15(23)12-10-14/h9-12H,2-8,13,23H2,1H3,(H,24,25). The number of hydrogen-bond donors (Lipinski definition) is 2. The number of nitrogen functional groups attached to an aromatic ring is 1. The fourth-order valence-electron chi connectivity index (χ4n) is 3.42. The number of anilines is 2. The minimum atomic E-state index is -0.616. The third kappa shape index (κ3) is 5.38. The maximum Gasteiger partial charge on any atom is 0.341 e. The molecule has 0 atom stereocenters. The zero-order valence-electron chi connectivity index (χ0n) is 17.0. The molecule has 0 radical (unpaired) electrons. The summed E-state index contributed by atoms with van der Waals surface area (Å²) in [5, 5.41) is 3.21. The molecule has 8 heteroatoms. The second-order valence-corrected chi connectivity index (χ2v) is 8.19. The van der Waals surface area contributed by atoms with Gasteiger partial charge in [-0.05, 0) is 62.4 Å². The van der Waals surface area contributed by atoms with Crippen LogP contribution in [0.5, 0.6) is 0 Å². The molecule has 0 saturated heterocycles. The molecule has 0 fully saturated rings. The predicted octanol–water partition coefficient (Wildman–Crippen LogP) is 3.96. The highest BCUT2D eigenvalue weighted by molar-refractivity contribution is 7.17. The molecule has 3 N–H and O–H groups in total. The van der Waals surface area contributed by atoms with Crippen LogP contribution >= 0.6 is 11.3 Å². The molecule has 0 spiro atoms. The number of thiophene rings is 1. The first-order chi connectivity index (χ1) is 14.5. The summed E-state index contributed by atoms with van der Waals surface area (Å²) in [5.74, 6) is -1.54. The fraction of sp³-hybridized carbons (Fsp3) is 0.409. The summed E-state index contributed by atoms with van der Waals surface area (Å²) in [6.07, 6.45) is 6.02. The average Bonchev–Trinajstić information content (AvgIpc) is 3.03. The molecule has 3 rings (SSSR count). The van der Waals surface area contributed by atoms with Crippen molar-refractivity contribution < 1.29 is 23.9 Å². The first-order valence-electron chi connectivity index (χ1n) is 10.1. The SMILES string of the molecule is CCOC(=O)c1c(NC(=O)COC(=O)c2ccc(N)cc2)sc2c1CCCCCC2. The van der Waals surface area contributed by atoms with Crippen molar-refractivity contribution in [1.82, 2.24) is 0 Å². The van der Waals surface area contributed by atoms with Gasteiger partial charge in [0.2, 0.25) is 0 Å². The topological polar surface area (TPSA) is 108 Å². The molecule has 1 aliphatic rings. The molecule has 0 aliphatic heterocycles. The van der Waals surface area contributed by atoms with E-state index in [9.17, 15) is 14.4 Å². The Bertz CT molecular complexity index is 920. The predicted molar refractivity (Wildman–Crippen MR) is 116 cm³/mol. The Morgan fingerprint density at radius 3 is 2.40 bits per heavy atom. The summed E-state index contributed by atoms with van der Waals surface area (Å²) < 4.78 is 10.3. The van der Waals surface area contributed by atoms with Crippen LogP contribution in [0.3, 0.4) is 0 Å². The van der Waals surface area contributed by atoms with Crippen LogP contribution in [-0.2, 0) is 27.1 Å². The van der Waals surface area contributed by atoms with E-state index >= 15 is 0 Å². The number of rotatable bonds is 6. The summed E-state index contributed by atoms with van der Waals surface area (Å²) in [7, 11) is 0. The van der Waals surface area contributed by atoms with Crippen LogP contribution in [0.1, 0.15) is 63.8 Å². The van der Waals surface area contributed by atoms with Crippen molar-refractivity contribution in [2.45, 2.75) is 45.4 Å². The zero-order chi connectivity index (χ0) is 21.5. The fourth-order valence-corrected chi connectivity index (χ4v) is 4.72. The first-order valence-corrected chi connectivity index (χ1v) is 11.0. The second kappa shape index (κ2) is 10.2. The molecule has 1 heterocycles. The van der Waals surface area contributed by atoms with Gasteiger partial charge < -0.3 is 20.5 Å². The van der Waals surface area contributed by atoms with Crippen molar-refractivity contribution in [1.29, 1.82) is 0 Å². The highest BCUT2D eigenvalue weighted by atomic mass is 32.1. The average molecular weight is 431 g/mol. The number of carbonyl (C=O) groups excluding carboxylic acids is 3. The van der Waals surface area contributed by atoms with E-state index in [-0.39, 0.29) is 6.61 Å². The van der Waals surface area contributed by atoms with E-state index in [1.165, 1.54) is 23.5 Å². The third-order valence-electron chi connectivity index (χ3n) is 4.88. The smallest absolute Gasteiger partial charge is 0.341 e. The molecule has 160 valence electrons. The van der Waals surface area contributed by atoms with Crippen molar-refractivity contribution in [2.75, 3.05) is 24.3 Å². The molecule has 0 unspecified atom stereocenters. The Hall–Kier alpha value is -2.87. The molecule has 1 aromatic heterocycles. The summed E-state index contributed by atoms with van der Waals surface area (Å²) in [4.78, 5) is 38.2. The molecule has 7 nitrogen and oxygen atoms in total. The van der Waals surface area contributed by atoms with Crippen LogP contribution in [0.25, 0.3) is 0 Å². The van der Waals surface area contributed by atoms with Gasteiger partial charge in [-0.3, -0.25) is 4.79 Å². The van der Waals surface area contributed by atoms with E-state index < -0.39 is 24.5 Å². The molecule has 30 heavy (non-hydrogen) atoms. The van der Waals surface area contributed by atoms with Crippen molar-refractivity contribution >= 4 is 39.9 Å². The Morgan fingerprint density at radius 1 is 1.00 bits per heavy atom. The van der Waals surface area contributed by atoms with Gasteiger partial charge in [-0.2, -0.15) is 0 Å². The van der Waals surface area contributed by atoms with E-state index in [2.05, 4.69) is 5.32 Å². The first kappa shape index (κ1) is 21.8. The van der Waals surface area contributed by atoms with Gasteiger partial charge in [-0.1, -0.05) is 12.8 Å². The molecule has 0 bridgehead atoms. The Balaban J connectivity index is 1.71. The molecular weight excluding hydrogens is 404 g/mol. The minimum Gasteiger partial charge on any atom is -0.462 e. The number of amides is 1. The lowest BCUT2D eigenvalue weighted by Crippen LogP contribution is -2.22. The molecule has 0 saturated carbocycles. The van der Waals surface area contributed by atoms with Gasteiger partial charge in [0.15, 0.2) is 6.61 Å². The summed E-state index contributed by atoms with van der Waals surface area (Å²) in [6.45, 7) is 1.56. The van der Waals surface area contributed by atoms with Crippen LogP contribution in [0.15, 0.2) is 24.3 Å². The van der Waals surface area contributed by atoms with Gasteiger partial charge in [-0.25, -0.2) is 9.59 Å². The maximum atomic E-state index is 12.6. The largest absolute Gasteiger partial charge is 0.462 e. The third-order valence-corrected chi connectivity index (χ3v) is 6.09. The van der Waals surface area contributed by atoms with Crippen LogP contribution in [0, 0.1) is 0 Å². The molecular formula is C22H26N2O5S. The van der Waals surface area contributed by atoms with E-state index in [1.54, 1.807) is 19.1 Å². The summed E-state index contributed by atoms with van der Waals surface area (Å²) in [6, 6.07) is 6.24. The Kier molecular flexibility index (Phi) is 7.46. The van der Waals surface area contributed by atoms with Crippen LogP contribution in [-0.4, -0.2) is 31.1 Å². The van der Waals surface area contributed by atoms with E-state index in [4.69, 9.17) is 15.2 Å². The van der Waals surface area contributed by atoms with Crippen LogP contribution in [0.2, 0.25) is 0 Å². The zero-order valence-corrected chi connectivity index (χ0v) is 17.8. The van der Waals surface area contributed by atoms with Gasteiger partial charge in [0, 0.05) is 10.6 Å². The monoisotopic (exact) mass is 430 g/mol. The highest BCUT2D eigenvalue weighted by Crippen LogP contribution is 2.37. The second-order valence-electron chi connectivity index (χ2n) is 7.09. The Labute approximate surface area is 179 Å². The summed E-state index contributed by atoms with van der Waals surface area (Å²) >= 11 is 1.41. The van der Waals surface area contributed by atoms with Gasteiger partial charge in [-0.15, -0.1) is 11.3 Å². The number of carbonyl (C=O) groups is 3. The quantitative estimate of drug-likeness (QED) is 0.530. The van der Waals surface area contributed by atoms with Crippen molar-refractivity contribution in [3.8, 4) is 0 Å². The van der Waals surface area contributed by atoms with Gasteiger partial charge >= 0.3 is 11.9 Å². The van der Waals surface area contributed by atoms with Crippen LogP contribution < -0.4 is 11.1 Å². The molecule has 1 amide bonds. The molecule has 1 aromatic carbocycles. The summed E-state index contributed by atoms with van der Waals surface area (Å²) in [5.41, 5.74) is 7.86. The number of benzene rings is 1. The van der Waals surface area contributed by atoms with Crippen molar-refractivity contribution in [3.63, 3.8) is 0 Å². The van der Waals surface area contributed by atoms with E-state index in [0.717, 1.165) is 49.0 Å². The van der Waals surface area contributed by atoms with E-state index in [1.807, 2.05) is 0 Å². The number of fused-ring (bicyclic) bond motifs is 1.